The molecule has 1 fully saturated rings. The van der Waals surface area contributed by atoms with Crippen molar-refractivity contribution >= 4 is 40.6 Å². The predicted octanol–water partition coefficient (Wildman–Crippen LogP) is 5.04. The molecule has 196 valence electrons. The number of Topliss-reactive ketones (excluding diaryl/α,β-unsaturated/α-hetero) is 2. The molecule has 9 heteroatoms. The van der Waals surface area contributed by atoms with Crippen LogP contribution in [0.25, 0.3) is 6.08 Å². The average Bonchev–Trinajstić information content (AvgIpc) is 3.69. The van der Waals surface area contributed by atoms with Crippen LogP contribution in [-0.4, -0.2) is 34.5 Å². The third-order valence-electron chi connectivity index (χ3n) is 8.20. The minimum Gasteiger partial charge on any atom is -0.461 e. The first-order valence-corrected chi connectivity index (χ1v) is 12.8. The summed E-state index contributed by atoms with van der Waals surface area (Å²) in [5.41, 5.74) is 1.04. The van der Waals surface area contributed by atoms with E-state index in [1.807, 2.05) is 47.4 Å². The summed E-state index contributed by atoms with van der Waals surface area (Å²) in [5.74, 6) is -2.59. The first kappa shape index (κ1) is 23.8. The number of carbonyl (C=O) groups excluding carboxylic acids is 3. The van der Waals surface area contributed by atoms with E-state index in [9.17, 15) is 24.5 Å². The quantitative estimate of drug-likeness (QED) is 0.217. The van der Waals surface area contributed by atoms with Crippen LogP contribution in [0.2, 0.25) is 0 Å². The van der Waals surface area contributed by atoms with Crippen molar-refractivity contribution in [2.75, 3.05) is 10.2 Å². The number of benzene rings is 3. The zero-order chi connectivity index (χ0) is 27.6. The monoisotopic (exact) mass is 531 g/mol. The highest BCUT2D eigenvalue weighted by molar-refractivity contribution is 6.18. The molecule has 40 heavy (non-hydrogen) atoms. The van der Waals surface area contributed by atoms with E-state index in [2.05, 4.69) is 5.32 Å². The molecule has 3 aromatic carbocycles. The highest BCUT2D eigenvalue weighted by atomic mass is 16.6. The van der Waals surface area contributed by atoms with Gasteiger partial charge in [0.2, 0.25) is 11.7 Å². The lowest BCUT2D eigenvalue weighted by Gasteiger charge is -2.37. The molecule has 7 rings (SSSR count). The smallest absolute Gasteiger partial charge is 0.270 e. The SMILES string of the molecule is O=C(c1ccco1)[C@@H]1[C@H](C(=O)c2cccc([N+](=O)[O-])c2)N2c3ccccc3C=CC2[C@@]12C(=O)Nc1ccccc12. The van der Waals surface area contributed by atoms with Gasteiger partial charge in [-0.2, -0.15) is 0 Å². The molecule has 3 aliphatic rings. The molecule has 4 atom stereocenters. The van der Waals surface area contributed by atoms with Gasteiger partial charge >= 0.3 is 0 Å². The van der Waals surface area contributed by atoms with Gasteiger partial charge in [0.1, 0.15) is 11.5 Å². The Hall–Kier alpha value is -5.31. The van der Waals surface area contributed by atoms with Crippen molar-refractivity contribution in [2.24, 2.45) is 5.92 Å². The number of nitrogens with zero attached hydrogens (tertiary/aromatic N) is 2. The number of furan rings is 1. The van der Waals surface area contributed by atoms with Crippen molar-refractivity contribution in [2.45, 2.75) is 17.5 Å². The molecule has 3 aliphatic heterocycles. The van der Waals surface area contributed by atoms with E-state index in [4.69, 9.17) is 4.42 Å². The minimum absolute atomic E-state index is 0.0236. The van der Waals surface area contributed by atoms with Gasteiger partial charge in [0.05, 0.1) is 23.1 Å². The molecule has 1 amide bonds. The standard InChI is InChI=1S/C31H21N3O6/c35-28(19-8-5-9-20(17-19)34(38)39)27-26(29(36)24-13-6-16-40-24)31(21-10-2-3-11-22(21)32-30(31)37)25-15-14-18-7-1-4-12-23(18)33(25)27/h1-17,25-27H,(H,32,37)/t25?,26-,27+,31+/m0/s1. The molecule has 0 saturated carbocycles. The van der Waals surface area contributed by atoms with Crippen LogP contribution in [-0.2, 0) is 10.2 Å². The molecular weight excluding hydrogens is 510 g/mol. The summed E-state index contributed by atoms with van der Waals surface area (Å²) in [6.07, 6.45) is 5.14. The van der Waals surface area contributed by atoms with Gasteiger partial charge in [0, 0.05) is 29.1 Å². The lowest BCUT2D eigenvalue weighted by Crippen LogP contribution is -2.51. The Labute approximate surface area is 227 Å². The summed E-state index contributed by atoms with van der Waals surface area (Å²) >= 11 is 0. The maximum atomic E-state index is 14.5. The number of ketones is 2. The van der Waals surface area contributed by atoms with Crippen molar-refractivity contribution in [1.29, 1.82) is 0 Å². The van der Waals surface area contributed by atoms with E-state index in [-0.39, 0.29) is 17.0 Å². The Morgan fingerprint density at radius 2 is 1.75 bits per heavy atom. The molecule has 1 aromatic heterocycles. The lowest BCUT2D eigenvalue weighted by atomic mass is 9.64. The van der Waals surface area contributed by atoms with Crippen molar-refractivity contribution in [3.05, 3.63) is 130 Å². The normalized spacial score (nSPS) is 23.9. The predicted molar refractivity (Wildman–Crippen MR) is 146 cm³/mol. The van der Waals surface area contributed by atoms with Crippen LogP contribution < -0.4 is 10.2 Å². The molecule has 1 saturated heterocycles. The van der Waals surface area contributed by atoms with Gasteiger partial charge in [0.15, 0.2) is 11.5 Å². The first-order chi connectivity index (χ1) is 19.4. The summed E-state index contributed by atoms with van der Waals surface area (Å²) < 4.78 is 5.52. The number of anilines is 2. The molecule has 1 N–H and O–H groups in total. The largest absolute Gasteiger partial charge is 0.461 e. The minimum atomic E-state index is -1.48. The number of fused-ring (bicyclic) bond motifs is 6. The lowest BCUT2D eigenvalue weighted by molar-refractivity contribution is -0.384. The molecule has 4 heterocycles. The molecule has 0 radical (unpaired) electrons. The van der Waals surface area contributed by atoms with Crippen molar-refractivity contribution in [1.82, 2.24) is 0 Å². The van der Waals surface area contributed by atoms with Crippen LogP contribution >= 0.6 is 0 Å². The van der Waals surface area contributed by atoms with Crippen molar-refractivity contribution in [3.8, 4) is 0 Å². The van der Waals surface area contributed by atoms with E-state index in [0.29, 0.717) is 16.9 Å². The molecular formula is C31H21N3O6. The highest BCUT2D eigenvalue weighted by Gasteiger charge is 2.70. The van der Waals surface area contributed by atoms with E-state index in [0.717, 1.165) is 5.56 Å². The number of nitro groups is 1. The van der Waals surface area contributed by atoms with Gasteiger partial charge in [0.25, 0.3) is 5.69 Å². The van der Waals surface area contributed by atoms with E-state index in [1.54, 1.807) is 24.3 Å². The second-order valence-corrected chi connectivity index (χ2v) is 10.1. The third-order valence-corrected chi connectivity index (χ3v) is 8.20. The molecule has 1 unspecified atom stereocenters. The number of para-hydroxylation sites is 2. The van der Waals surface area contributed by atoms with E-state index >= 15 is 0 Å². The number of amides is 1. The second kappa shape index (κ2) is 8.60. The molecule has 1 spiro atoms. The molecule has 4 aromatic rings. The van der Waals surface area contributed by atoms with Crippen LogP contribution in [0.4, 0.5) is 17.1 Å². The van der Waals surface area contributed by atoms with Crippen molar-refractivity contribution in [3.63, 3.8) is 0 Å². The molecule has 0 aliphatic carbocycles. The Morgan fingerprint density at radius 1 is 0.950 bits per heavy atom. The number of nitro benzene ring substituents is 1. The number of carbonyl (C=O) groups is 3. The summed E-state index contributed by atoms with van der Waals surface area (Å²) in [4.78, 5) is 56.0. The Kier molecular flexibility index (Phi) is 5.11. The zero-order valence-corrected chi connectivity index (χ0v) is 20.9. The average molecular weight is 532 g/mol. The summed E-state index contributed by atoms with van der Waals surface area (Å²) in [7, 11) is 0. The summed E-state index contributed by atoms with van der Waals surface area (Å²) in [6, 6.07) is 21.3. The topological polar surface area (TPSA) is 123 Å². The third kappa shape index (κ3) is 3.11. The van der Waals surface area contributed by atoms with Gasteiger partial charge in [-0.3, -0.25) is 24.5 Å². The second-order valence-electron chi connectivity index (χ2n) is 10.1. The Bertz CT molecular complexity index is 1760. The first-order valence-electron chi connectivity index (χ1n) is 12.8. The van der Waals surface area contributed by atoms with Crippen LogP contribution in [0.5, 0.6) is 0 Å². The van der Waals surface area contributed by atoms with Crippen LogP contribution in [0.15, 0.2) is 102 Å². The number of nitrogens with one attached hydrogen (secondary N) is 1. The highest BCUT2D eigenvalue weighted by Crippen LogP contribution is 2.58. The van der Waals surface area contributed by atoms with E-state index in [1.165, 1.54) is 36.6 Å². The van der Waals surface area contributed by atoms with Crippen LogP contribution in [0.3, 0.4) is 0 Å². The number of hydrogen-bond acceptors (Lipinski definition) is 7. The maximum Gasteiger partial charge on any atom is 0.270 e. The van der Waals surface area contributed by atoms with Crippen LogP contribution in [0.1, 0.15) is 32.0 Å². The maximum absolute atomic E-state index is 14.5. The van der Waals surface area contributed by atoms with E-state index < -0.39 is 45.8 Å². The fourth-order valence-corrected chi connectivity index (χ4v) is 6.64. The van der Waals surface area contributed by atoms with Gasteiger partial charge in [-0.1, -0.05) is 60.7 Å². The van der Waals surface area contributed by atoms with Gasteiger partial charge in [-0.25, -0.2) is 0 Å². The molecule has 0 bridgehead atoms. The summed E-state index contributed by atoms with van der Waals surface area (Å²) in [5, 5.41) is 14.5. The number of non-ortho nitro benzene ring substituents is 1. The molecule has 9 nitrogen and oxygen atoms in total. The fraction of sp³-hybridized carbons (Fsp3) is 0.129. The Balaban J connectivity index is 1.53. The van der Waals surface area contributed by atoms with Gasteiger partial charge in [-0.15, -0.1) is 0 Å². The van der Waals surface area contributed by atoms with Crippen molar-refractivity contribution < 1.29 is 23.7 Å². The van der Waals surface area contributed by atoms with Gasteiger partial charge in [-0.05, 0) is 35.4 Å². The van der Waals surface area contributed by atoms with Gasteiger partial charge < -0.3 is 14.6 Å². The Morgan fingerprint density at radius 3 is 2.55 bits per heavy atom. The number of hydrogen-bond donors (Lipinski definition) is 1. The summed E-state index contributed by atoms with van der Waals surface area (Å²) in [6.45, 7) is 0. The number of rotatable bonds is 5. The van der Waals surface area contributed by atoms with Crippen LogP contribution in [0, 0.1) is 16.0 Å². The zero-order valence-electron chi connectivity index (χ0n) is 20.9. The fourth-order valence-electron chi connectivity index (χ4n) is 6.64.